The van der Waals surface area contributed by atoms with E-state index in [0.29, 0.717) is 10.8 Å². The van der Waals surface area contributed by atoms with E-state index in [2.05, 4.69) is 26.3 Å². The van der Waals surface area contributed by atoms with Gasteiger partial charge in [0.15, 0.2) is 5.82 Å². The Morgan fingerprint density at radius 1 is 1.00 bits per heavy atom. The summed E-state index contributed by atoms with van der Waals surface area (Å²) in [5, 5.41) is 3.71. The maximum Gasteiger partial charge on any atom is 0.224 e. The molecule has 3 aromatic rings. The molecule has 0 bridgehead atoms. The zero-order valence-corrected chi connectivity index (χ0v) is 16.7. The first-order valence-electron chi connectivity index (χ1n) is 7.34. The lowest BCUT2D eigenvalue weighted by molar-refractivity contribution is 0.915. The van der Waals surface area contributed by atoms with E-state index in [1.807, 2.05) is 24.3 Å². The van der Waals surface area contributed by atoms with Crippen molar-refractivity contribution in [2.75, 3.05) is 11.1 Å². The van der Waals surface area contributed by atoms with Gasteiger partial charge in [-0.15, -0.1) is 24.8 Å². The summed E-state index contributed by atoms with van der Waals surface area (Å²) in [5.41, 5.74) is 9.52. The minimum Gasteiger partial charge on any atom is -0.399 e. The predicted molar refractivity (Wildman–Crippen MR) is 112 cm³/mol. The Morgan fingerprint density at radius 2 is 1.81 bits per heavy atom. The summed E-state index contributed by atoms with van der Waals surface area (Å²) in [7, 11) is 0. The largest absolute Gasteiger partial charge is 0.399 e. The Balaban J connectivity index is 0.00000169. The third kappa shape index (κ3) is 6.18. The van der Waals surface area contributed by atoms with E-state index in [9.17, 15) is 0 Å². The number of aromatic nitrogens is 3. The lowest BCUT2D eigenvalue weighted by Crippen LogP contribution is -1.99. The molecule has 9 heteroatoms. The smallest absolute Gasteiger partial charge is 0.224 e. The molecule has 3 rings (SSSR count). The van der Waals surface area contributed by atoms with E-state index < -0.39 is 0 Å². The molecular formula is C17H17Cl4N5. The number of rotatable bonds is 5. The Morgan fingerprint density at radius 3 is 2.58 bits per heavy atom. The number of nitrogens with one attached hydrogen (secondary N) is 1. The fraction of sp³-hybridized carbons (Fsp3) is 0.118. The van der Waals surface area contributed by atoms with E-state index >= 15 is 0 Å². The van der Waals surface area contributed by atoms with Gasteiger partial charge in [-0.05, 0) is 54.3 Å². The second-order valence-electron chi connectivity index (χ2n) is 5.24. The molecule has 2 heterocycles. The first-order valence-corrected chi connectivity index (χ1v) is 8.10. The van der Waals surface area contributed by atoms with Crippen LogP contribution in [0.25, 0.3) is 0 Å². The Labute approximate surface area is 174 Å². The third-order valence-corrected chi connectivity index (χ3v) is 3.87. The number of anilines is 3. The minimum absolute atomic E-state index is 0. The van der Waals surface area contributed by atoms with Crippen molar-refractivity contribution < 1.29 is 0 Å². The SMILES string of the molecule is Cl.Cl.Nc1ccnc(CCc2cccc(Nc3nc(Cl)ncc3Cl)c2)c1. The molecule has 1 aromatic carbocycles. The molecule has 0 radical (unpaired) electrons. The Bertz CT molecular complexity index is 860. The predicted octanol–water partition coefficient (Wildman–Crippen LogP) is 5.13. The van der Waals surface area contributed by atoms with Gasteiger partial charge >= 0.3 is 0 Å². The maximum absolute atomic E-state index is 6.08. The van der Waals surface area contributed by atoms with Crippen molar-refractivity contribution in [2.45, 2.75) is 12.8 Å². The highest BCUT2D eigenvalue weighted by Crippen LogP contribution is 2.24. The summed E-state index contributed by atoms with van der Waals surface area (Å²) in [6.45, 7) is 0. The van der Waals surface area contributed by atoms with Gasteiger partial charge in [0.25, 0.3) is 0 Å². The second-order valence-corrected chi connectivity index (χ2v) is 5.99. The molecular weight excluding hydrogens is 416 g/mol. The summed E-state index contributed by atoms with van der Waals surface area (Å²) < 4.78 is 0. The Hall–Kier alpha value is -1.79. The van der Waals surface area contributed by atoms with Crippen LogP contribution in [0, 0.1) is 0 Å². The Kier molecular flexibility index (Phi) is 8.88. The van der Waals surface area contributed by atoms with Crippen molar-refractivity contribution in [3.8, 4) is 0 Å². The van der Waals surface area contributed by atoms with Crippen molar-refractivity contribution in [2.24, 2.45) is 0 Å². The topological polar surface area (TPSA) is 76.7 Å². The molecule has 0 aliphatic heterocycles. The molecule has 26 heavy (non-hydrogen) atoms. The van der Waals surface area contributed by atoms with E-state index in [4.69, 9.17) is 28.9 Å². The zero-order valence-electron chi connectivity index (χ0n) is 13.5. The van der Waals surface area contributed by atoms with Gasteiger partial charge in [0.2, 0.25) is 5.28 Å². The van der Waals surface area contributed by atoms with Gasteiger partial charge in [0.1, 0.15) is 5.02 Å². The first-order chi connectivity index (χ1) is 11.6. The molecule has 0 aliphatic rings. The second kappa shape index (κ2) is 10.4. The summed E-state index contributed by atoms with van der Waals surface area (Å²) >= 11 is 11.9. The molecule has 0 saturated carbocycles. The number of pyridine rings is 1. The molecule has 2 aromatic heterocycles. The number of hydrogen-bond acceptors (Lipinski definition) is 5. The average molecular weight is 433 g/mol. The fourth-order valence-electron chi connectivity index (χ4n) is 2.28. The molecule has 5 nitrogen and oxygen atoms in total. The number of benzene rings is 1. The van der Waals surface area contributed by atoms with Gasteiger partial charge < -0.3 is 11.1 Å². The highest BCUT2D eigenvalue weighted by molar-refractivity contribution is 6.33. The lowest BCUT2D eigenvalue weighted by atomic mass is 10.1. The molecule has 0 unspecified atom stereocenters. The van der Waals surface area contributed by atoms with Gasteiger partial charge in [-0.1, -0.05) is 23.7 Å². The zero-order chi connectivity index (χ0) is 16.9. The van der Waals surface area contributed by atoms with Crippen molar-refractivity contribution in [3.63, 3.8) is 0 Å². The molecule has 0 atom stereocenters. The van der Waals surface area contributed by atoms with Crippen molar-refractivity contribution in [3.05, 3.63) is 70.4 Å². The summed E-state index contributed by atoms with van der Waals surface area (Å²) in [6, 6.07) is 11.7. The van der Waals surface area contributed by atoms with Gasteiger partial charge in [-0.2, -0.15) is 4.98 Å². The fourth-order valence-corrected chi connectivity index (χ4v) is 2.55. The van der Waals surface area contributed by atoms with Crippen molar-refractivity contribution >= 4 is 65.2 Å². The van der Waals surface area contributed by atoms with Crippen LogP contribution in [-0.4, -0.2) is 15.0 Å². The number of nitrogens with zero attached hydrogens (tertiary/aromatic N) is 3. The van der Waals surface area contributed by atoms with Crippen LogP contribution in [-0.2, 0) is 12.8 Å². The standard InChI is InChI=1S/C17H15Cl2N5.2ClH/c18-15-10-22-17(19)24-16(15)23-14-3-1-2-11(8-14)4-5-13-9-12(20)6-7-21-13;;/h1-3,6-10H,4-5H2,(H2,20,21)(H,22,23,24);2*1H. The van der Waals surface area contributed by atoms with Crippen LogP contribution in [0.1, 0.15) is 11.3 Å². The van der Waals surface area contributed by atoms with E-state index in [-0.39, 0.29) is 30.1 Å². The van der Waals surface area contributed by atoms with E-state index in [1.54, 1.807) is 12.3 Å². The molecule has 0 fully saturated rings. The monoisotopic (exact) mass is 431 g/mol. The normalized spacial score (nSPS) is 9.77. The number of hydrogen-bond donors (Lipinski definition) is 2. The van der Waals surface area contributed by atoms with Gasteiger partial charge in [0.05, 0.1) is 6.20 Å². The number of halogens is 4. The summed E-state index contributed by atoms with van der Waals surface area (Å²) in [4.78, 5) is 12.2. The van der Waals surface area contributed by atoms with Crippen LogP contribution in [0.5, 0.6) is 0 Å². The van der Waals surface area contributed by atoms with Crippen molar-refractivity contribution in [1.82, 2.24) is 15.0 Å². The quantitative estimate of drug-likeness (QED) is 0.546. The lowest BCUT2D eigenvalue weighted by Gasteiger charge is -2.09. The number of nitrogen functional groups attached to an aromatic ring is 1. The van der Waals surface area contributed by atoms with Crippen LogP contribution >= 0.6 is 48.0 Å². The minimum atomic E-state index is 0. The first kappa shape index (κ1) is 22.3. The summed E-state index contributed by atoms with van der Waals surface area (Å²) in [5.74, 6) is 0.478. The molecule has 0 amide bonds. The van der Waals surface area contributed by atoms with Crippen LogP contribution < -0.4 is 11.1 Å². The van der Waals surface area contributed by atoms with E-state index in [1.165, 1.54) is 11.8 Å². The molecule has 138 valence electrons. The molecule has 3 N–H and O–H groups in total. The van der Waals surface area contributed by atoms with Gasteiger partial charge in [-0.3, -0.25) is 4.98 Å². The van der Waals surface area contributed by atoms with E-state index in [0.717, 1.165) is 29.9 Å². The van der Waals surface area contributed by atoms with Crippen LogP contribution in [0.2, 0.25) is 10.3 Å². The van der Waals surface area contributed by atoms with Gasteiger partial charge in [-0.25, -0.2) is 4.98 Å². The molecule has 0 saturated heterocycles. The highest BCUT2D eigenvalue weighted by atomic mass is 35.5. The number of nitrogens with two attached hydrogens (primary N) is 1. The van der Waals surface area contributed by atoms with Crippen LogP contribution in [0.4, 0.5) is 17.2 Å². The highest BCUT2D eigenvalue weighted by Gasteiger charge is 2.05. The van der Waals surface area contributed by atoms with Gasteiger partial charge in [0, 0.05) is 23.3 Å². The van der Waals surface area contributed by atoms with Crippen LogP contribution in [0.15, 0.2) is 48.8 Å². The molecule has 0 spiro atoms. The third-order valence-electron chi connectivity index (χ3n) is 3.41. The summed E-state index contributed by atoms with van der Waals surface area (Å²) in [6.07, 6.45) is 4.86. The van der Waals surface area contributed by atoms with Crippen LogP contribution in [0.3, 0.4) is 0 Å². The average Bonchev–Trinajstić information content (AvgIpc) is 2.57. The van der Waals surface area contributed by atoms with Crippen molar-refractivity contribution in [1.29, 1.82) is 0 Å². The maximum atomic E-state index is 6.08. The number of aryl methyl sites for hydroxylation is 2. The molecule has 0 aliphatic carbocycles.